The van der Waals surface area contributed by atoms with Crippen molar-refractivity contribution in [3.63, 3.8) is 0 Å². The number of nitriles is 1. The summed E-state index contributed by atoms with van der Waals surface area (Å²) >= 11 is 0. The topological polar surface area (TPSA) is 96.8 Å². The normalized spacial score (nSPS) is 21.1. The maximum absolute atomic E-state index is 13.7. The van der Waals surface area contributed by atoms with Crippen LogP contribution in [0, 0.1) is 23.2 Å². The summed E-state index contributed by atoms with van der Waals surface area (Å²) in [4.78, 5) is 22.4. The molecule has 1 amide bonds. The molecule has 0 spiro atoms. The largest absolute Gasteiger partial charge is 0.405 e. The van der Waals surface area contributed by atoms with Gasteiger partial charge in [-0.1, -0.05) is 12.0 Å². The van der Waals surface area contributed by atoms with Crippen LogP contribution in [-0.4, -0.2) is 103 Å². The number of ether oxygens (including phenoxy) is 1. The van der Waals surface area contributed by atoms with E-state index >= 15 is 0 Å². The number of fused-ring (bicyclic) bond motifs is 1. The molecule has 1 atom stereocenters. The predicted molar refractivity (Wildman–Crippen MR) is 165 cm³/mol. The third kappa shape index (κ3) is 8.38. The number of hydrogen-bond acceptors (Lipinski definition) is 8. The standard InChI is InChI=1S/C33H40F3N7O2/c1-32(2,22-37)30-9-8-25(20-39-30)38-12-4-5-26-19-27-28(6-3-7-29(27)43(26)23-33(34,35)36)40-24-10-13-41(14-11-24)21-31(44)42-15-17-45-18-16-42/h3,6,8-9,19-20,24,29,38,40H,7,10-18,21,23H2,1-2H3. The van der Waals surface area contributed by atoms with Crippen molar-refractivity contribution in [2.45, 2.75) is 56.8 Å². The molecule has 12 heteroatoms. The van der Waals surface area contributed by atoms with Gasteiger partial charge >= 0.3 is 6.18 Å². The fourth-order valence-electron chi connectivity index (χ4n) is 5.98. The van der Waals surface area contributed by atoms with Crippen molar-refractivity contribution in [2.75, 3.05) is 64.3 Å². The van der Waals surface area contributed by atoms with Crippen molar-refractivity contribution in [1.82, 2.24) is 25.0 Å². The number of alkyl halides is 3. The van der Waals surface area contributed by atoms with Gasteiger partial charge in [0.2, 0.25) is 5.91 Å². The lowest BCUT2D eigenvalue weighted by atomic mass is 9.91. The van der Waals surface area contributed by atoms with E-state index in [1.54, 1.807) is 32.2 Å². The first kappa shape index (κ1) is 32.4. The molecule has 2 N–H and O–H groups in total. The highest BCUT2D eigenvalue weighted by Crippen LogP contribution is 2.36. The minimum Gasteiger partial charge on any atom is -0.382 e. The fraction of sp³-hybridized carbons (Fsp3) is 0.545. The third-order valence-corrected chi connectivity index (χ3v) is 8.59. The number of allylic oxidation sites excluding steroid dienone is 2. The number of rotatable bonds is 8. The molecule has 4 aliphatic rings. The van der Waals surface area contributed by atoms with Gasteiger partial charge in [-0.05, 0) is 63.3 Å². The summed E-state index contributed by atoms with van der Waals surface area (Å²) in [6, 6.07) is 5.52. The van der Waals surface area contributed by atoms with E-state index < -0.39 is 24.2 Å². The number of halogens is 3. The van der Waals surface area contributed by atoms with Crippen molar-refractivity contribution in [3.8, 4) is 17.9 Å². The van der Waals surface area contributed by atoms with Crippen LogP contribution < -0.4 is 10.6 Å². The van der Waals surface area contributed by atoms with E-state index in [9.17, 15) is 23.2 Å². The Morgan fingerprint density at radius 1 is 1.16 bits per heavy atom. The van der Waals surface area contributed by atoms with E-state index in [1.165, 1.54) is 4.90 Å². The van der Waals surface area contributed by atoms with Gasteiger partial charge in [-0.3, -0.25) is 14.7 Å². The first-order chi connectivity index (χ1) is 21.5. The van der Waals surface area contributed by atoms with Gasteiger partial charge in [0, 0.05) is 43.5 Å². The second-order valence-electron chi connectivity index (χ2n) is 12.3. The summed E-state index contributed by atoms with van der Waals surface area (Å²) in [6.07, 6.45) is 5.06. The number of hydrogen-bond donors (Lipinski definition) is 2. The van der Waals surface area contributed by atoms with Gasteiger partial charge in [0.25, 0.3) is 0 Å². The summed E-state index contributed by atoms with van der Waals surface area (Å²) in [5, 5.41) is 16.0. The highest BCUT2D eigenvalue weighted by Gasteiger charge is 2.40. The molecule has 3 aliphatic heterocycles. The van der Waals surface area contributed by atoms with Crippen molar-refractivity contribution in [1.29, 1.82) is 5.26 Å². The predicted octanol–water partition coefficient (Wildman–Crippen LogP) is 3.56. The number of likely N-dealkylation sites (tertiary alicyclic amines) is 1. The van der Waals surface area contributed by atoms with Crippen LogP contribution in [0.5, 0.6) is 0 Å². The number of morpholine rings is 1. The molecule has 1 aliphatic carbocycles. The van der Waals surface area contributed by atoms with Gasteiger partial charge in [0.1, 0.15) is 6.54 Å². The number of piperidine rings is 1. The van der Waals surface area contributed by atoms with Crippen LogP contribution in [0.4, 0.5) is 18.9 Å². The summed E-state index contributed by atoms with van der Waals surface area (Å²) in [5.41, 5.74) is 2.66. The van der Waals surface area contributed by atoms with E-state index in [0.29, 0.717) is 56.3 Å². The first-order valence-electron chi connectivity index (χ1n) is 15.4. The zero-order chi connectivity index (χ0) is 32.0. The minimum atomic E-state index is -4.38. The van der Waals surface area contributed by atoms with Gasteiger partial charge in [0.15, 0.2) is 0 Å². The van der Waals surface area contributed by atoms with Gasteiger partial charge in [-0.25, -0.2) is 0 Å². The Balaban J connectivity index is 1.22. The lowest BCUT2D eigenvalue weighted by Crippen LogP contribution is -2.49. The summed E-state index contributed by atoms with van der Waals surface area (Å²) in [7, 11) is 0. The second-order valence-corrected chi connectivity index (χ2v) is 12.3. The molecule has 2 saturated heterocycles. The molecule has 0 aromatic carbocycles. The Morgan fingerprint density at radius 2 is 1.91 bits per heavy atom. The number of pyridine rings is 1. The molecular weight excluding hydrogens is 583 g/mol. The molecule has 9 nitrogen and oxygen atoms in total. The second kappa shape index (κ2) is 14.0. The van der Waals surface area contributed by atoms with Gasteiger partial charge < -0.3 is 25.2 Å². The number of carbonyl (C=O) groups is 1. The zero-order valence-corrected chi connectivity index (χ0v) is 25.8. The average molecular weight is 624 g/mol. The molecule has 1 aromatic rings. The number of amides is 1. The Bertz CT molecular complexity index is 1420. The molecule has 4 heterocycles. The maximum atomic E-state index is 13.7. The minimum absolute atomic E-state index is 0.131. The van der Waals surface area contributed by atoms with Crippen molar-refractivity contribution in [3.05, 3.63) is 59.2 Å². The molecule has 45 heavy (non-hydrogen) atoms. The number of anilines is 1. The molecule has 0 bridgehead atoms. The molecular formula is C33H40F3N7O2. The Kier molecular flexibility index (Phi) is 10.1. The van der Waals surface area contributed by atoms with Crippen LogP contribution in [0.15, 0.2) is 53.5 Å². The van der Waals surface area contributed by atoms with E-state index in [0.717, 1.165) is 37.2 Å². The zero-order valence-electron chi connectivity index (χ0n) is 25.8. The van der Waals surface area contributed by atoms with Crippen LogP contribution in [-0.2, 0) is 14.9 Å². The van der Waals surface area contributed by atoms with Crippen LogP contribution in [0.3, 0.4) is 0 Å². The van der Waals surface area contributed by atoms with Crippen LogP contribution in [0.1, 0.15) is 38.8 Å². The highest BCUT2D eigenvalue weighted by molar-refractivity contribution is 5.78. The van der Waals surface area contributed by atoms with E-state index in [-0.39, 0.29) is 18.5 Å². The van der Waals surface area contributed by atoms with E-state index in [2.05, 4.69) is 38.4 Å². The van der Waals surface area contributed by atoms with Crippen molar-refractivity contribution >= 4 is 11.6 Å². The number of nitrogens with zero attached hydrogens (tertiary/aromatic N) is 5. The SMILES string of the molecule is CC(C)(C#N)c1ccc(NCC#CC2=CC3=C(NC4CCN(CC(=O)N5CCOCC5)CC4)C=CCC3N2CC(F)(F)F)cn1. The fourth-order valence-corrected chi connectivity index (χ4v) is 5.98. The number of aromatic nitrogens is 1. The van der Waals surface area contributed by atoms with Gasteiger partial charge in [-0.2, -0.15) is 18.4 Å². The molecule has 0 saturated carbocycles. The third-order valence-electron chi connectivity index (χ3n) is 8.59. The van der Waals surface area contributed by atoms with Crippen LogP contribution in [0.2, 0.25) is 0 Å². The Labute approximate surface area is 262 Å². The Morgan fingerprint density at radius 3 is 2.58 bits per heavy atom. The molecule has 2 fully saturated rings. The van der Waals surface area contributed by atoms with Crippen LogP contribution in [0.25, 0.3) is 0 Å². The van der Waals surface area contributed by atoms with E-state index in [4.69, 9.17) is 4.74 Å². The lowest BCUT2D eigenvalue weighted by Gasteiger charge is -2.36. The molecule has 1 unspecified atom stereocenters. The first-order valence-corrected chi connectivity index (χ1v) is 15.4. The monoisotopic (exact) mass is 623 g/mol. The molecule has 1 aromatic heterocycles. The number of nitrogens with one attached hydrogen (secondary N) is 2. The lowest BCUT2D eigenvalue weighted by molar-refractivity contribution is -0.143. The Hall–Kier alpha value is -4.00. The highest BCUT2D eigenvalue weighted by atomic mass is 19.4. The van der Waals surface area contributed by atoms with E-state index in [1.807, 2.05) is 23.1 Å². The van der Waals surface area contributed by atoms with Crippen molar-refractivity contribution in [2.24, 2.45) is 0 Å². The maximum Gasteiger partial charge on any atom is 0.405 e. The molecule has 0 radical (unpaired) electrons. The van der Waals surface area contributed by atoms with Crippen molar-refractivity contribution < 1.29 is 22.7 Å². The summed E-state index contributed by atoms with van der Waals surface area (Å²) in [5.74, 6) is 6.08. The quantitative estimate of drug-likeness (QED) is 0.425. The summed E-state index contributed by atoms with van der Waals surface area (Å²) < 4.78 is 46.3. The van der Waals surface area contributed by atoms with Gasteiger partial charge in [0.05, 0.1) is 67.1 Å². The number of carbonyl (C=O) groups excluding carboxylic acids is 1. The smallest absolute Gasteiger partial charge is 0.382 e. The summed E-state index contributed by atoms with van der Waals surface area (Å²) in [6.45, 7) is 7.11. The molecule has 240 valence electrons. The van der Waals surface area contributed by atoms with Gasteiger partial charge in [-0.15, -0.1) is 0 Å². The molecule has 5 rings (SSSR count). The van der Waals surface area contributed by atoms with Crippen LogP contribution >= 0.6 is 0 Å². The average Bonchev–Trinajstić information content (AvgIpc) is 3.37.